The lowest BCUT2D eigenvalue weighted by Crippen LogP contribution is -2.59. The van der Waals surface area contributed by atoms with E-state index in [-0.39, 0.29) is 18.4 Å². The molecule has 2 aromatic heterocycles. The Morgan fingerprint density at radius 3 is 2.83 bits per heavy atom. The van der Waals surface area contributed by atoms with E-state index in [0.717, 1.165) is 5.69 Å². The van der Waals surface area contributed by atoms with Gasteiger partial charge in [-0.05, 0) is 19.9 Å². The Labute approximate surface area is 140 Å². The number of nitrogens with zero attached hydrogens (tertiary/aromatic N) is 5. The van der Waals surface area contributed by atoms with Crippen LogP contribution in [0, 0.1) is 6.92 Å². The molecule has 0 aliphatic carbocycles. The fourth-order valence-corrected chi connectivity index (χ4v) is 3.00. The third kappa shape index (κ3) is 2.73. The standard InChI is InChI=1S/C16H21N5O3/c1-11-9-12(21-13(18-11)5-6-17-21)14(22)20-7-8-24-16(2,10-20)15(23)19(3)4/h5-6,9H,7-8,10H2,1-4H3/t16-/m1/s1. The molecule has 1 aliphatic rings. The van der Waals surface area contributed by atoms with E-state index in [9.17, 15) is 9.59 Å². The van der Waals surface area contributed by atoms with Gasteiger partial charge in [-0.1, -0.05) is 0 Å². The number of hydrogen-bond donors (Lipinski definition) is 0. The summed E-state index contributed by atoms with van der Waals surface area (Å²) in [7, 11) is 3.36. The van der Waals surface area contributed by atoms with Gasteiger partial charge in [-0.3, -0.25) is 9.59 Å². The monoisotopic (exact) mass is 331 g/mol. The Morgan fingerprint density at radius 2 is 2.12 bits per heavy atom. The Bertz CT molecular complexity index is 800. The first-order chi connectivity index (χ1) is 11.3. The van der Waals surface area contributed by atoms with Crippen molar-refractivity contribution in [2.75, 3.05) is 33.8 Å². The summed E-state index contributed by atoms with van der Waals surface area (Å²) in [5.41, 5.74) is 0.762. The van der Waals surface area contributed by atoms with E-state index in [1.807, 2.05) is 6.92 Å². The molecule has 8 nitrogen and oxygen atoms in total. The maximum atomic E-state index is 13.0. The van der Waals surface area contributed by atoms with Crippen molar-refractivity contribution in [2.45, 2.75) is 19.4 Å². The summed E-state index contributed by atoms with van der Waals surface area (Å²) in [6.07, 6.45) is 1.61. The predicted octanol–water partition coefficient (Wildman–Crippen LogP) is 0.357. The van der Waals surface area contributed by atoms with Gasteiger partial charge in [0, 0.05) is 32.4 Å². The molecule has 2 aromatic rings. The van der Waals surface area contributed by atoms with Crippen LogP contribution in [0.3, 0.4) is 0 Å². The molecule has 128 valence electrons. The molecule has 1 atom stereocenters. The van der Waals surface area contributed by atoms with Gasteiger partial charge in [-0.15, -0.1) is 0 Å². The number of aromatic nitrogens is 3. The number of likely N-dealkylation sites (N-methyl/N-ethyl adjacent to an activating group) is 1. The Balaban J connectivity index is 1.92. The van der Waals surface area contributed by atoms with E-state index in [2.05, 4.69) is 10.1 Å². The number of carbonyl (C=O) groups is 2. The second-order valence-corrected chi connectivity index (χ2v) is 6.39. The molecule has 3 rings (SSSR count). The zero-order valence-electron chi connectivity index (χ0n) is 14.3. The summed E-state index contributed by atoms with van der Waals surface area (Å²) in [4.78, 5) is 32.9. The van der Waals surface area contributed by atoms with Gasteiger partial charge < -0.3 is 14.5 Å². The number of aryl methyl sites for hydroxylation is 1. The van der Waals surface area contributed by atoms with Crippen molar-refractivity contribution in [2.24, 2.45) is 0 Å². The molecule has 2 amide bonds. The molecule has 0 aromatic carbocycles. The van der Waals surface area contributed by atoms with Crippen LogP contribution in [0.1, 0.15) is 23.1 Å². The second-order valence-electron chi connectivity index (χ2n) is 6.39. The van der Waals surface area contributed by atoms with Crippen molar-refractivity contribution >= 4 is 17.5 Å². The molecule has 3 heterocycles. The fraction of sp³-hybridized carbons (Fsp3) is 0.500. The van der Waals surface area contributed by atoms with Crippen LogP contribution in [-0.4, -0.2) is 75.6 Å². The van der Waals surface area contributed by atoms with Crippen LogP contribution >= 0.6 is 0 Å². The predicted molar refractivity (Wildman–Crippen MR) is 86.7 cm³/mol. The lowest BCUT2D eigenvalue weighted by molar-refractivity contribution is -0.162. The smallest absolute Gasteiger partial charge is 0.272 e. The van der Waals surface area contributed by atoms with Crippen LogP contribution in [0.25, 0.3) is 5.65 Å². The van der Waals surface area contributed by atoms with Crippen LogP contribution in [0.5, 0.6) is 0 Å². The van der Waals surface area contributed by atoms with Crippen molar-refractivity contribution in [3.8, 4) is 0 Å². The maximum absolute atomic E-state index is 13.0. The van der Waals surface area contributed by atoms with Crippen molar-refractivity contribution in [1.82, 2.24) is 24.4 Å². The van der Waals surface area contributed by atoms with Gasteiger partial charge in [-0.25, -0.2) is 9.50 Å². The van der Waals surface area contributed by atoms with E-state index in [1.54, 1.807) is 44.2 Å². The molecule has 24 heavy (non-hydrogen) atoms. The highest BCUT2D eigenvalue weighted by Crippen LogP contribution is 2.21. The van der Waals surface area contributed by atoms with E-state index in [0.29, 0.717) is 24.5 Å². The van der Waals surface area contributed by atoms with Gasteiger partial charge in [0.25, 0.3) is 11.8 Å². The minimum Gasteiger partial charge on any atom is -0.362 e. The summed E-state index contributed by atoms with van der Waals surface area (Å²) < 4.78 is 7.20. The highest BCUT2D eigenvalue weighted by molar-refractivity contribution is 5.94. The molecular formula is C16H21N5O3. The highest BCUT2D eigenvalue weighted by atomic mass is 16.5. The minimum atomic E-state index is -1.04. The second kappa shape index (κ2) is 5.86. The molecule has 0 N–H and O–H groups in total. The quantitative estimate of drug-likeness (QED) is 0.794. The molecule has 0 spiro atoms. The van der Waals surface area contributed by atoms with Gasteiger partial charge >= 0.3 is 0 Å². The van der Waals surface area contributed by atoms with E-state index in [4.69, 9.17) is 4.74 Å². The van der Waals surface area contributed by atoms with Crippen LogP contribution in [0.2, 0.25) is 0 Å². The normalized spacial score (nSPS) is 21.1. The SMILES string of the molecule is Cc1cc(C(=O)N2CCO[C@@](C)(C(=O)N(C)C)C2)n2nccc2n1. The molecule has 0 unspecified atom stereocenters. The first-order valence-corrected chi connectivity index (χ1v) is 7.78. The van der Waals surface area contributed by atoms with Crippen molar-refractivity contribution in [3.63, 3.8) is 0 Å². The molecule has 1 saturated heterocycles. The average Bonchev–Trinajstić information content (AvgIpc) is 3.00. The van der Waals surface area contributed by atoms with Crippen LogP contribution in [-0.2, 0) is 9.53 Å². The van der Waals surface area contributed by atoms with Crippen molar-refractivity contribution in [1.29, 1.82) is 0 Å². The lowest BCUT2D eigenvalue weighted by atomic mass is 10.0. The minimum absolute atomic E-state index is 0.157. The topological polar surface area (TPSA) is 80.0 Å². The number of rotatable bonds is 2. The maximum Gasteiger partial charge on any atom is 0.272 e. The third-order valence-corrected chi connectivity index (χ3v) is 4.13. The van der Waals surface area contributed by atoms with E-state index in [1.165, 1.54) is 9.42 Å². The van der Waals surface area contributed by atoms with Crippen molar-refractivity contribution < 1.29 is 14.3 Å². The molecule has 0 saturated carbocycles. The van der Waals surface area contributed by atoms with Crippen LogP contribution in [0.15, 0.2) is 18.3 Å². The molecule has 0 bridgehead atoms. The Hall–Kier alpha value is -2.48. The van der Waals surface area contributed by atoms with Gasteiger partial charge in [-0.2, -0.15) is 5.10 Å². The van der Waals surface area contributed by atoms with Gasteiger partial charge in [0.15, 0.2) is 11.2 Å². The molecule has 8 heteroatoms. The summed E-state index contributed by atoms with van der Waals surface area (Å²) in [6, 6.07) is 3.46. The average molecular weight is 331 g/mol. The van der Waals surface area contributed by atoms with Crippen LogP contribution < -0.4 is 0 Å². The lowest BCUT2D eigenvalue weighted by Gasteiger charge is -2.40. The Morgan fingerprint density at radius 1 is 1.38 bits per heavy atom. The first-order valence-electron chi connectivity index (χ1n) is 7.78. The zero-order chi connectivity index (χ0) is 17.5. The summed E-state index contributed by atoms with van der Waals surface area (Å²) >= 11 is 0. The number of ether oxygens (including phenoxy) is 1. The fourth-order valence-electron chi connectivity index (χ4n) is 3.00. The number of fused-ring (bicyclic) bond motifs is 1. The summed E-state index contributed by atoms with van der Waals surface area (Å²) in [5.74, 6) is -0.342. The van der Waals surface area contributed by atoms with Crippen LogP contribution in [0.4, 0.5) is 0 Å². The zero-order valence-corrected chi connectivity index (χ0v) is 14.3. The van der Waals surface area contributed by atoms with Gasteiger partial charge in [0.2, 0.25) is 0 Å². The molecular weight excluding hydrogens is 310 g/mol. The first kappa shape index (κ1) is 16.4. The Kier molecular flexibility index (Phi) is 4.00. The van der Waals surface area contributed by atoms with E-state index >= 15 is 0 Å². The number of hydrogen-bond acceptors (Lipinski definition) is 5. The number of carbonyl (C=O) groups excluding carboxylic acids is 2. The van der Waals surface area contributed by atoms with Gasteiger partial charge in [0.05, 0.1) is 19.3 Å². The molecule has 0 radical (unpaired) electrons. The summed E-state index contributed by atoms with van der Waals surface area (Å²) in [6.45, 7) is 4.50. The van der Waals surface area contributed by atoms with Gasteiger partial charge in [0.1, 0.15) is 5.69 Å². The molecule has 1 fully saturated rings. The number of morpholine rings is 1. The molecule has 1 aliphatic heterocycles. The van der Waals surface area contributed by atoms with E-state index < -0.39 is 5.60 Å². The largest absolute Gasteiger partial charge is 0.362 e. The van der Waals surface area contributed by atoms with Crippen molar-refractivity contribution in [3.05, 3.63) is 29.7 Å². The third-order valence-electron chi connectivity index (χ3n) is 4.13. The summed E-state index contributed by atoms with van der Waals surface area (Å²) in [5, 5.41) is 4.18. The number of amides is 2. The highest BCUT2D eigenvalue weighted by Gasteiger charge is 2.42.